The van der Waals surface area contributed by atoms with Gasteiger partial charge in [0.1, 0.15) is 21.7 Å². The van der Waals surface area contributed by atoms with Gasteiger partial charge in [-0.3, -0.25) is 4.79 Å². The minimum atomic E-state index is -0.232. The number of nitrogens with zero attached hydrogens (tertiary/aromatic N) is 3. The van der Waals surface area contributed by atoms with Crippen molar-refractivity contribution in [1.29, 1.82) is 5.26 Å². The molecule has 1 amide bonds. The molecule has 0 aliphatic rings. The van der Waals surface area contributed by atoms with Gasteiger partial charge in [-0.25, -0.2) is 9.97 Å². The topological polar surface area (TPSA) is 105 Å². The third-order valence-electron chi connectivity index (χ3n) is 2.61. The average Bonchev–Trinajstić information content (AvgIpc) is 2.52. The van der Waals surface area contributed by atoms with Crippen molar-refractivity contribution in [1.82, 2.24) is 9.97 Å². The fourth-order valence-corrected chi connectivity index (χ4v) is 3.25. The summed E-state index contributed by atoms with van der Waals surface area (Å²) in [6.07, 6.45) is 1.79. The zero-order chi connectivity index (χ0) is 16.8. The standard InChI is InChI=1S/C14H12ClN5OS2/c1-22-12-10(6-16)13(20-14(17)19-12)23-7-11(21)18-9-4-2-3-8(15)5-9/h2-5H,7H2,1H3,(H,18,21)(H2,17,19,20). The molecule has 2 rings (SSSR count). The van der Waals surface area contributed by atoms with Crippen LogP contribution in [0, 0.1) is 11.3 Å². The van der Waals surface area contributed by atoms with Crippen LogP contribution in [-0.2, 0) is 4.79 Å². The molecular formula is C14H12ClN5OS2. The molecule has 0 spiro atoms. The van der Waals surface area contributed by atoms with E-state index in [-0.39, 0.29) is 17.6 Å². The van der Waals surface area contributed by atoms with E-state index >= 15 is 0 Å². The number of hydrogen-bond acceptors (Lipinski definition) is 7. The number of amides is 1. The summed E-state index contributed by atoms with van der Waals surface area (Å²) in [6.45, 7) is 0. The van der Waals surface area contributed by atoms with Crippen molar-refractivity contribution >= 4 is 52.7 Å². The van der Waals surface area contributed by atoms with Crippen molar-refractivity contribution in [2.24, 2.45) is 0 Å². The van der Waals surface area contributed by atoms with Crippen molar-refractivity contribution in [3.63, 3.8) is 0 Å². The third kappa shape index (κ3) is 4.76. The summed E-state index contributed by atoms with van der Waals surface area (Å²) in [5.41, 5.74) is 6.56. The van der Waals surface area contributed by atoms with E-state index in [9.17, 15) is 10.1 Å². The Hall–Kier alpha value is -1.95. The van der Waals surface area contributed by atoms with Crippen molar-refractivity contribution in [2.45, 2.75) is 10.1 Å². The lowest BCUT2D eigenvalue weighted by Gasteiger charge is -2.08. The molecule has 1 heterocycles. The van der Waals surface area contributed by atoms with Gasteiger partial charge in [-0.15, -0.1) is 11.8 Å². The van der Waals surface area contributed by atoms with E-state index in [0.29, 0.717) is 26.3 Å². The van der Waals surface area contributed by atoms with Crippen molar-refractivity contribution < 1.29 is 4.79 Å². The number of nitrogens with one attached hydrogen (secondary N) is 1. The number of nitriles is 1. The number of benzene rings is 1. The number of hydrogen-bond donors (Lipinski definition) is 2. The van der Waals surface area contributed by atoms with Crippen LogP contribution in [0.5, 0.6) is 0 Å². The van der Waals surface area contributed by atoms with Crippen LogP contribution in [0.3, 0.4) is 0 Å². The largest absolute Gasteiger partial charge is 0.368 e. The number of rotatable bonds is 5. The highest BCUT2D eigenvalue weighted by Crippen LogP contribution is 2.27. The van der Waals surface area contributed by atoms with Crippen LogP contribution in [0.4, 0.5) is 11.6 Å². The molecule has 2 aromatic rings. The Labute approximate surface area is 146 Å². The highest BCUT2D eigenvalue weighted by molar-refractivity contribution is 8.00. The first-order valence-electron chi connectivity index (χ1n) is 6.33. The van der Waals surface area contributed by atoms with E-state index in [0.717, 1.165) is 11.8 Å². The summed E-state index contributed by atoms with van der Waals surface area (Å²) in [5.74, 6) is -0.0685. The minimum absolute atomic E-state index is 0.0751. The molecule has 118 valence electrons. The molecule has 0 fully saturated rings. The Morgan fingerprint density at radius 2 is 2.17 bits per heavy atom. The molecule has 0 aliphatic heterocycles. The monoisotopic (exact) mass is 365 g/mol. The molecule has 23 heavy (non-hydrogen) atoms. The fourth-order valence-electron chi connectivity index (χ4n) is 1.68. The lowest BCUT2D eigenvalue weighted by Crippen LogP contribution is -2.14. The predicted octanol–water partition coefficient (Wildman–Crippen LogP) is 3.04. The number of nitrogen functional groups attached to an aromatic ring is 1. The lowest BCUT2D eigenvalue weighted by molar-refractivity contribution is -0.113. The molecule has 0 saturated carbocycles. The highest BCUT2D eigenvalue weighted by Gasteiger charge is 2.15. The first-order valence-corrected chi connectivity index (χ1v) is 8.92. The van der Waals surface area contributed by atoms with E-state index in [1.807, 2.05) is 0 Å². The van der Waals surface area contributed by atoms with Gasteiger partial charge in [-0.1, -0.05) is 29.4 Å². The van der Waals surface area contributed by atoms with Crippen molar-refractivity contribution in [2.75, 3.05) is 23.1 Å². The van der Waals surface area contributed by atoms with Crippen LogP contribution < -0.4 is 11.1 Å². The van der Waals surface area contributed by atoms with Gasteiger partial charge >= 0.3 is 0 Å². The van der Waals surface area contributed by atoms with Gasteiger partial charge in [0.15, 0.2) is 0 Å². The van der Waals surface area contributed by atoms with Gasteiger partial charge in [0.2, 0.25) is 11.9 Å². The number of halogens is 1. The zero-order valence-corrected chi connectivity index (χ0v) is 14.4. The highest BCUT2D eigenvalue weighted by atomic mass is 35.5. The molecule has 0 saturated heterocycles. The number of aromatic nitrogens is 2. The number of carbonyl (C=O) groups is 1. The smallest absolute Gasteiger partial charge is 0.234 e. The molecule has 0 atom stereocenters. The lowest BCUT2D eigenvalue weighted by atomic mass is 10.3. The van der Waals surface area contributed by atoms with E-state index < -0.39 is 0 Å². The molecule has 6 nitrogen and oxygen atoms in total. The van der Waals surface area contributed by atoms with Gasteiger partial charge in [0.25, 0.3) is 0 Å². The maximum Gasteiger partial charge on any atom is 0.234 e. The Balaban J connectivity index is 2.07. The van der Waals surface area contributed by atoms with Crippen molar-refractivity contribution in [3.05, 3.63) is 34.9 Å². The summed E-state index contributed by atoms with van der Waals surface area (Å²) in [4.78, 5) is 20.0. The second-order valence-electron chi connectivity index (χ2n) is 4.23. The van der Waals surface area contributed by atoms with E-state index in [1.165, 1.54) is 11.8 Å². The quantitative estimate of drug-likeness (QED) is 0.619. The Morgan fingerprint density at radius 3 is 2.83 bits per heavy atom. The molecule has 0 bridgehead atoms. The van der Waals surface area contributed by atoms with Gasteiger partial charge in [0.05, 0.1) is 5.75 Å². The average molecular weight is 366 g/mol. The Kier molecular flexibility index (Phi) is 6.10. The van der Waals surface area contributed by atoms with Crippen molar-refractivity contribution in [3.8, 4) is 6.07 Å². The van der Waals surface area contributed by atoms with Gasteiger partial charge < -0.3 is 11.1 Å². The van der Waals surface area contributed by atoms with Crippen LogP contribution in [-0.4, -0.2) is 27.9 Å². The molecule has 0 unspecified atom stereocenters. The van der Waals surface area contributed by atoms with Crippen LogP contribution in [0.25, 0.3) is 0 Å². The maximum atomic E-state index is 12.0. The van der Waals surface area contributed by atoms with E-state index in [2.05, 4.69) is 21.4 Å². The van der Waals surface area contributed by atoms with Crippen LogP contribution in [0.15, 0.2) is 34.3 Å². The molecule has 1 aromatic heterocycles. The number of thioether (sulfide) groups is 2. The van der Waals surface area contributed by atoms with Crippen LogP contribution in [0.2, 0.25) is 5.02 Å². The summed E-state index contributed by atoms with van der Waals surface area (Å²) in [6, 6.07) is 8.91. The zero-order valence-electron chi connectivity index (χ0n) is 12.0. The molecule has 0 aliphatic carbocycles. The molecule has 3 N–H and O–H groups in total. The van der Waals surface area contributed by atoms with Gasteiger partial charge in [-0.2, -0.15) is 5.26 Å². The van der Waals surface area contributed by atoms with Crippen LogP contribution >= 0.6 is 35.1 Å². The summed E-state index contributed by atoms with van der Waals surface area (Å²) in [5, 5.41) is 13.4. The van der Waals surface area contributed by atoms with Gasteiger partial charge in [0, 0.05) is 10.7 Å². The number of carbonyl (C=O) groups excluding carboxylic acids is 1. The summed E-state index contributed by atoms with van der Waals surface area (Å²) < 4.78 is 0. The minimum Gasteiger partial charge on any atom is -0.368 e. The number of anilines is 2. The first-order chi connectivity index (χ1) is 11.0. The molecular weight excluding hydrogens is 354 g/mol. The second-order valence-corrected chi connectivity index (χ2v) is 6.43. The molecule has 1 aromatic carbocycles. The normalized spacial score (nSPS) is 10.1. The first kappa shape index (κ1) is 17.4. The van der Waals surface area contributed by atoms with E-state index in [4.69, 9.17) is 17.3 Å². The third-order valence-corrected chi connectivity index (χ3v) is 4.51. The van der Waals surface area contributed by atoms with E-state index in [1.54, 1.807) is 30.5 Å². The SMILES string of the molecule is CSc1nc(N)nc(SCC(=O)Nc2cccc(Cl)c2)c1C#N. The van der Waals surface area contributed by atoms with Crippen LogP contribution in [0.1, 0.15) is 5.56 Å². The molecule has 9 heteroatoms. The Morgan fingerprint density at radius 1 is 1.43 bits per heavy atom. The molecule has 0 radical (unpaired) electrons. The second kappa shape index (κ2) is 8.06. The summed E-state index contributed by atoms with van der Waals surface area (Å²) >= 11 is 8.31. The maximum absolute atomic E-state index is 12.0. The fraction of sp³-hybridized carbons (Fsp3) is 0.143. The van der Waals surface area contributed by atoms with Gasteiger partial charge in [-0.05, 0) is 24.5 Å². The predicted molar refractivity (Wildman–Crippen MR) is 93.7 cm³/mol. The number of nitrogens with two attached hydrogens (primary N) is 1. The Bertz CT molecular complexity index is 778. The summed E-state index contributed by atoms with van der Waals surface area (Å²) in [7, 11) is 0.